The lowest BCUT2D eigenvalue weighted by Gasteiger charge is -2.33. The molecule has 0 saturated heterocycles. The van der Waals surface area contributed by atoms with Gasteiger partial charge >= 0.3 is 11.9 Å². The van der Waals surface area contributed by atoms with Gasteiger partial charge in [-0.05, 0) is 38.7 Å². The van der Waals surface area contributed by atoms with E-state index in [9.17, 15) is 19.5 Å². The minimum absolute atomic E-state index is 0.0272. The molecule has 2 N–H and O–H groups in total. The van der Waals surface area contributed by atoms with Crippen LogP contribution in [-0.4, -0.2) is 49.8 Å². The molecule has 0 aromatic carbocycles. The molecule has 1 saturated carbocycles. The number of aliphatic carboxylic acids is 2. The molecule has 0 aromatic rings. The van der Waals surface area contributed by atoms with Crippen LogP contribution in [0.4, 0.5) is 0 Å². The molecule has 1 fully saturated rings. The first-order valence-corrected chi connectivity index (χ1v) is 8.35. The number of esters is 1. The Morgan fingerprint density at radius 2 is 1.83 bits per heavy atom. The fourth-order valence-corrected chi connectivity index (χ4v) is 2.99. The second kappa shape index (κ2) is 12.5. The Balaban J connectivity index is 0.000000561. The number of ether oxygens (including phenoxy) is 1. The van der Waals surface area contributed by atoms with Crippen molar-refractivity contribution in [3.63, 3.8) is 0 Å². The van der Waals surface area contributed by atoms with Gasteiger partial charge in [0.2, 0.25) is 0 Å². The van der Waals surface area contributed by atoms with Crippen LogP contribution < -0.4 is 10.0 Å². The largest absolute Gasteiger partial charge is 0.545 e. The van der Waals surface area contributed by atoms with E-state index in [2.05, 4.69) is 14.1 Å². The number of carbonyl (C=O) groups is 3. The molecule has 1 rings (SSSR count). The van der Waals surface area contributed by atoms with Crippen LogP contribution in [0.5, 0.6) is 0 Å². The molecule has 2 unspecified atom stereocenters. The van der Waals surface area contributed by atoms with Crippen molar-refractivity contribution in [3.8, 4) is 0 Å². The number of hydrogen-bond acceptors (Lipinski definition) is 5. The summed E-state index contributed by atoms with van der Waals surface area (Å²) in [5, 5.41) is 17.2. The van der Waals surface area contributed by atoms with E-state index in [4.69, 9.17) is 9.84 Å². The number of carboxylic acids is 2. The summed E-state index contributed by atoms with van der Waals surface area (Å²) in [7, 11) is 4.46. The number of nitrogens with one attached hydrogen (secondary N) is 1. The first-order valence-electron chi connectivity index (χ1n) is 8.35. The van der Waals surface area contributed by atoms with E-state index in [0.717, 1.165) is 12.5 Å². The van der Waals surface area contributed by atoms with Gasteiger partial charge in [-0.1, -0.05) is 6.42 Å². The highest BCUT2D eigenvalue weighted by atomic mass is 16.5. The molecular formula is C17H29NO6. The molecular weight excluding hydrogens is 314 g/mol. The number of rotatable bonds is 7. The Morgan fingerprint density at radius 3 is 2.29 bits per heavy atom. The highest BCUT2D eigenvalue weighted by Crippen LogP contribution is 2.26. The molecule has 1 aliphatic rings. The van der Waals surface area contributed by atoms with Crippen LogP contribution in [0, 0.1) is 5.92 Å². The van der Waals surface area contributed by atoms with Crippen molar-refractivity contribution in [2.24, 2.45) is 5.92 Å². The molecule has 2 atom stereocenters. The van der Waals surface area contributed by atoms with Crippen LogP contribution in [0.15, 0.2) is 12.2 Å². The zero-order valence-electron chi connectivity index (χ0n) is 14.7. The summed E-state index contributed by atoms with van der Waals surface area (Å²) in [4.78, 5) is 31.8. The van der Waals surface area contributed by atoms with Gasteiger partial charge in [0.1, 0.15) is 0 Å². The maximum Gasteiger partial charge on any atom is 0.328 e. The lowest BCUT2D eigenvalue weighted by Crippen LogP contribution is -3.11. The molecule has 1 aliphatic carbocycles. The quantitative estimate of drug-likeness (QED) is 0.472. The molecule has 7 nitrogen and oxygen atoms in total. The summed E-state index contributed by atoms with van der Waals surface area (Å²) in [6.45, 7) is 2.37. The number of quaternary nitrogens is 1. The molecule has 0 aliphatic heterocycles. The fraction of sp³-hybridized carbons (Fsp3) is 0.706. The summed E-state index contributed by atoms with van der Waals surface area (Å²) >= 11 is 0. The standard InChI is InChI=1S/C13H25NO2.C4H4O4/c1-4-16-13(15)10-9-11-7-5-6-8-12(11)14(2)3;5-3(6)1-2-4(7)8/h11-12H,4-10H2,1-3H3;1-2H,(H,5,6)(H,7,8)/b;2-1-. The van der Waals surface area contributed by atoms with E-state index in [0.29, 0.717) is 31.1 Å². The average Bonchev–Trinajstić information content (AvgIpc) is 2.52. The summed E-state index contributed by atoms with van der Waals surface area (Å²) < 4.78 is 4.98. The van der Waals surface area contributed by atoms with E-state index in [1.54, 1.807) is 0 Å². The topological polar surface area (TPSA) is 108 Å². The lowest BCUT2D eigenvalue weighted by atomic mass is 9.81. The number of hydrogen-bond donors (Lipinski definition) is 2. The van der Waals surface area contributed by atoms with Gasteiger partial charge in [-0.3, -0.25) is 4.79 Å². The Kier molecular flexibility index (Phi) is 11.5. The van der Waals surface area contributed by atoms with Crippen molar-refractivity contribution >= 4 is 17.9 Å². The third-order valence-electron chi connectivity index (χ3n) is 4.04. The van der Waals surface area contributed by atoms with Gasteiger partial charge in [0, 0.05) is 18.4 Å². The molecule has 0 heterocycles. The molecule has 0 spiro atoms. The monoisotopic (exact) mass is 343 g/mol. The van der Waals surface area contributed by atoms with Crippen LogP contribution in [-0.2, 0) is 19.1 Å². The van der Waals surface area contributed by atoms with Gasteiger partial charge in [0.05, 0.1) is 32.7 Å². The zero-order valence-corrected chi connectivity index (χ0v) is 14.7. The maximum absolute atomic E-state index is 11.3. The van der Waals surface area contributed by atoms with Gasteiger partial charge in [-0.2, -0.15) is 0 Å². The minimum Gasteiger partial charge on any atom is -0.545 e. The van der Waals surface area contributed by atoms with Crippen molar-refractivity contribution in [1.82, 2.24) is 0 Å². The van der Waals surface area contributed by atoms with Gasteiger partial charge in [-0.25, -0.2) is 4.79 Å². The zero-order chi connectivity index (χ0) is 18.5. The summed E-state index contributed by atoms with van der Waals surface area (Å²) in [5.74, 6) is -2.12. The number of carbonyl (C=O) groups excluding carboxylic acids is 2. The van der Waals surface area contributed by atoms with Crippen LogP contribution in [0.3, 0.4) is 0 Å². The summed E-state index contributed by atoms with van der Waals surface area (Å²) in [6.07, 6.45) is 7.84. The number of carboxylic acid groups (broad SMARTS) is 2. The second-order valence-corrected chi connectivity index (χ2v) is 6.06. The molecule has 7 heteroatoms. The lowest BCUT2D eigenvalue weighted by molar-refractivity contribution is -0.891. The minimum atomic E-state index is -1.51. The molecule has 0 radical (unpaired) electrons. The second-order valence-electron chi connectivity index (χ2n) is 6.06. The van der Waals surface area contributed by atoms with E-state index >= 15 is 0 Å². The molecule has 24 heavy (non-hydrogen) atoms. The average molecular weight is 343 g/mol. The third kappa shape index (κ3) is 10.8. The SMILES string of the molecule is CCOC(=O)CCC1CCCCC1[NH+](C)C.O=C([O-])/C=C\C(=O)O. The van der Waals surface area contributed by atoms with E-state index in [-0.39, 0.29) is 5.97 Å². The molecule has 0 aromatic heterocycles. The normalized spacial score (nSPS) is 20.3. The van der Waals surface area contributed by atoms with Crippen molar-refractivity contribution in [2.45, 2.75) is 51.5 Å². The fourth-order valence-electron chi connectivity index (χ4n) is 2.99. The summed E-state index contributed by atoms with van der Waals surface area (Å²) in [5.41, 5.74) is 0. The molecule has 0 bridgehead atoms. The van der Waals surface area contributed by atoms with Crippen LogP contribution in [0.1, 0.15) is 45.4 Å². The van der Waals surface area contributed by atoms with E-state index < -0.39 is 11.9 Å². The smallest absolute Gasteiger partial charge is 0.328 e. The van der Waals surface area contributed by atoms with Gasteiger partial charge < -0.3 is 24.6 Å². The van der Waals surface area contributed by atoms with E-state index in [1.165, 1.54) is 30.6 Å². The van der Waals surface area contributed by atoms with Crippen molar-refractivity contribution < 1.29 is 34.2 Å². The van der Waals surface area contributed by atoms with Gasteiger partial charge in [-0.15, -0.1) is 0 Å². The van der Waals surface area contributed by atoms with E-state index in [1.807, 2.05) is 6.92 Å². The molecule has 138 valence electrons. The Morgan fingerprint density at radius 1 is 1.21 bits per heavy atom. The van der Waals surface area contributed by atoms with Crippen LogP contribution in [0.2, 0.25) is 0 Å². The van der Waals surface area contributed by atoms with Gasteiger partial charge in [0.15, 0.2) is 0 Å². The predicted octanol–water partition coefficient (Wildman–Crippen LogP) is -0.590. The summed E-state index contributed by atoms with van der Waals surface area (Å²) in [6, 6.07) is 0.739. The van der Waals surface area contributed by atoms with Crippen LogP contribution >= 0.6 is 0 Å². The third-order valence-corrected chi connectivity index (χ3v) is 4.04. The first kappa shape index (κ1) is 22.1. The highest BCUT2D eigenvalue weighted by molar-refractivity contribution is 5.88. The van der Waals surface area contributed by atoms with Crippen molar-refractivity contribution in [2.75, 3.05) is 20.7 Å². The Bertz CT molecular complexity index is 417. The van der Waals surface area contributed by atoms with Gasteiger partial charge in [0.25, 0.3) is 0 Å². The Labute approximate surface area is 143 Å². The first-order chi connectivity index (χ1) is 11.3. The highest BCUT2D eigenvalue weighted by Gasteiger charge is 2.29. The van der Waals surface area contributed by atoms with Crippen LogP contribution in [0.25, 0.3) is 0 Å². The van der Waals surface area contributed by atoms with Crippen molar-refractivity contribution in [3.05, 3.63) is 12.2 Å². The van der Waals surface area contributed by atoms with Crippen molar-refractivity contribution in [1.29, 1.82) is 0 Å². The predicted molar refractivity (Wildman–Crippen MR) is 86.2 cm³/mol. The molecule has 0 amide bonds. The Hall–Kier alpha value is -1.89. The maximum atomic E-state index is 11.3.